The van der Waals surface area contributed by atoms with E-state index in [1.54, 1.807) is 13.8 Å². The van der Waals surface area contributed by atoms with Gasteiger partial charge in [0.05, 0.1) is 17.6 Å². The lowest BCUT2D eigenvalue weighted by Gasteiger charge is -2.36. The van der Waals surface area contributed by atoms with Crippen LogP contribution in [0.5, 0.6) is 11.5 Å². The summed E-state index contributed by atoms with van der Waals surface area (Å²) in [6.07, 6.45) is -1.14. The summed E-state index contributed by atoms with van der Waals surface area (Å²) in [5.74, 6) is 1.50. The molecule has 0 saturated heterocycles. The van der Waals surface area contributed by atoms with Crippen molar-refractivity contribution in [2.24, 2.45) is 0 Å². The molecule has 0 saturated carbocycles. The molecule has 0 amide bonds. The van der Waals surface area contributed by atoms with Gasteiger partial charge in [0, 0.05) is 10.8 Å². The highest BCUT2D eigenvalue weighted by molar-refractivity contribution is 6.00. The normalized spacial score (nSPS) is 14.7. The molecule has 0 aliphatic heterocycles. The summed E-state index contributed by atoms with van der Waals surface area (Å²) in [4.78, 5) is 0. The van der Waals surface area contributed by atoms with Crippen molar-refractivity contribution in [1.29, 1.82) is 0 Å². The van der Waals surface area contributed by atoms with Crippen LogP contribution in [0.3, 0.4) is 0 Å². The fourth-order valence-electron chi connectivity index (χ4n) is 6.85. The maximum atomic E-state index is 9.96. The minimum atomic E-state index is -0.641. The van der Waals surface area contributed by atoms with E-state index in [2.05, 4.69) is 97.1 Å². The van der Waals surface area contributed by atoms with E-state index in [0.717, 1.165) is 44.2 Å². The van der Waals surface area contributed by atoms with Crippen molar-refractivity contribution in [3.05, 3.63) is 144 Å². The molecule has 0 spiro atoms. The van der Waals surface area contributed by atoms with Crippen molar-refractivity contribution in [2.75, 3.05) is 13.2 Å². The molecule has 1 aliphatic carbocycles. The predicted octanol–water partition coefficient (Wildman–Crippen LogP) is 7.88. The van der Waals surface area contributed by atoms with E-state index in [0.29, 0.717) is 0 Å². The molecule has 6 aromatic rings. The molecule has 0 aromatic heterocycles. The van der Waals surface area contributed by atoms with Gasteiger partial charge in [-0.2, -0.15) is 0 Å². The van der Waals surface area contributed by atoms with Gasteiger partial charge in [0.25, 0.3) is 0 Å². The third kappa shape index (κ3) is 4.37. The Morgan fingerprint density at radius 3 is 1.28 bits per heavy atom. The first-order chi connectivity index (χ1) is 21.0. The van der Waals surface area contributed by atoms with Gasteiger partial charge in [0.2, 0.25) is 0 Å². The molecule has 2 atom stereocenters. The number of rotatable bonds is 8. The molecular formula is C39H34O4. The van der Waals surface area contributed by atoms with E-state index < -0.39 is 17.6 Å². The molecule has 0 heterocycles. The van der Waals surface area contributed by atoms with Gasteiger partial charge in [-0.15, -0.1) is 0 Å². The van der Waals surface area contributed by atoms with Crippen LogP contribution in [0.15, 0.2) is 121 Å². The van der Waals surface area contributed by atoms with E-state index in [1.807, 2.05) is 24.3 Å². The predicted molar refractivity (Wildman–Crippen MR) is 173 cm³/mol. The van der Waals surface area contributed by atoms with Crippen molar-refractivity contribution in [1.82, 2.24) is 0 Å². The lowest BCUT2D eigenvalue weighted by Crippen LogP contribution is -2.29. The van der Waals surface area contributed by atoms with Gasteiger partial charge in [0.1, 0.15) is 24.7 Å². The highest BCUT2D eigenvalue weighted by Gasteiger charge is 2.47. The van der Waals surface area contributed by atoms with Crippen molar-refractivity contribution in [3.8, 4) is 22.6 Å². The van der Waals surface area contributed by atoms with Crippen LogP contribution in [0.25, 0.3) is 32.7 Å². The van der Waals surface area contributed by atoms with Gasteiger partial charge in [-0.25, -0.2) is 0 Å². The SMILES string of the molecule is CC(O)COc1cccc2c(C3(c4cccc5c(OCC(C)O)cccc45)c4ccccc4-c4ccccc43)cccc12. The summed E-state index contributed by atoms with van der Waals surface area (Å²) < 4.78 is 12.2. The zero-order valence-electron chi connectivity index (χ0n) is 24.3. The summed E-state index contributed by atoms with van der Waals surface area (Å²) in [7, 11) is 0. The second-order valence-corrected chi connectivity index (χ2v) is 11.5. The van der Waals surface area contributed by atoms with Gasteiger partial charge < -0.3 is 19.7 Å². The second-order valence-electron chi connectivity index (χ2n) is 11.5. The molecule has 43 heavy (non-hydrogen) atoms. The van der Waals surface area contributed by atoms with Crippen LogP contribution in [-0.2, 0) is 5.41 Å². The highest BCUT2D eigenvalue weighted by Crippen LogP contribution is 2.58. The van der Waals surface area contributed by atoms with Gasteiger partial charge in [-0.1, -0.05) is 109 Å². The monoisotopic (exact) mass is 566 g/mol. The topological polar surface area (TPSA) is 58.9 Å². The average molecular weight is 567 g/mol. The van der Waals surface area contributed by atoms with Crippen molar-refractivity contribution >= 4 is 21.5 Å². The van der Waals surface area contributed by atoms with Crippen molar-refractivity contribution in [3.63, 3.8) is 0 Å². The van der Waals surface area contributed by atoms with Gasteiger partial charge in [-0.3, -0.25) is 0 Å². The molecule has 0 bridgehead atoms. The van der Waals surface area contributed by atoms with Gasteiger partial charge in [0.15, 0.2) is 0 Å². The Hall–Kier alpha value is -4.64. The van der Waals surface area contributed by atoms with E-state index in [1.165, 1.54) is 22.3 Å². The fourth-order valence-corrected chi connectivity index (χ4v) is 6.85. The second kappa shape index (κ2) is 10.9. The zero-order chi connectivity index (χ0) is 29.6. The van der Waals surface area contributed by atoms with Gasteiger partial charge >= 0.3 is 0 Å². The van der Waals surface area contributed by atoms with Crippen LogP contribution in [0.2, 0.25) is 0 Å². The van der Waals surface area contributed by atoms with E-state index in [-0.39, 0.29) is 13.2 Å². The molecular weight excluding hydrogens is 532 g/mol. The molecule has 6 aromatic carbocycles. The minimum Gasteiger partial charge on any atom is -0.490 e. The van der Waals surface area contributed by atoms with Crippen LogP contribution >= 0.6 is 0 Å². The number of benzene rings is 6. The molecule has 0 fully saturated rings. The summed E-state index contributed by atoms with van der Waals surface area (Å²) in [6, 6.07) is 42.7. The molecule has 214 valence electrons. The number of aliphatic hydroxyl groups is 2. The lowest BCUT2D eigenvalue weighted by atomic mass is 9.65. The number of hydrogen-bond donors (Lipinski definition) is 2. The van der Waals surface area contributed by atoms with Crippen LogP contribution in [0.1, 0.15) is 36.1 Å². The molecule has 4 nitrogen and oxygen atoms in total. The standard InChI is InChI=1S/C39H34O4/c1-25(40)23-42-37-21-9-13-29-31(37)15-7-19-35(29)39(33-17-5-3-11-27(33)28-12-4-6-18-34(28)39)36-20-8-16-32-30(36)14-10-22-38(32)43-24-26(2)41/h3-22,25-26,40-41H,23-24H2,1-2H3. The average Bonchev–Trinajstić information content (AvgIpc) is 3.33. The Labute approximate surface area is 251 Å². The maximum Gasteiger partial charge on any atom is 0.127 e. The smallest absolute Gasteiger partial charge is 0.127 e. The summed E-state index contributed by atoms with van der Waals surface area (Å²) in [6.45, 7) is 3.91. The third-order valence-electron chi connectivity index (χ3n) is 8.48. The van der Waals surface area contributed by atoms with E-state index in [9.17, 15) is 10.2 Å². The molecule has 2 unspecified atom stereocenters. The summed E-state index contributed by atoms with van der Waals surface area (Å²) in [5.41, 5.74) is 6.56. The third-order valence-corrected chi connectivity index (χ3v) is 8.48. The maximum absolute atomic E-state index is 9.96. The van der Waals surface area contributed by atoms with E-state index in [4.69, 9.17) is 9.47 Å². The number of ether oxygens (including phenoxy) is 2. The minimum absolute atomic E-state index is 0.221. The van der Waals surface area contributed by atoms with Gasteiger partial charge in [-0.05, 0) is 70.1 Å². The van der Waals surface area contributed by atoms with Crippen molar-refractivity contribution < 1.29 is 19.7 Å². The molecule has 7 rings (SSSR count). The van der Waals surface area contributed by atoms with Crippen molar-refractivity contribution in [2.45, 2.75) is 31.5 Å². The first-order valence-electron chi connectivity index (χ1n) is 14.9. The Morgan fingerprint density at radius 1 is 0.465 bits per heavy atom. The van der Waals surface area contributed by atoms with Crippen LogP contribution < -0.4 is 9.47 Å². The zero-order valence-corrected chi connectivity index (χ0v) is 24.3. The number of aliphatic hydroxyl groups excluding tert-OH is 2. The highest BCUT2D eigenvalue weighted by atomic mass is 16.5. The molecule has 1 aliphatic rings. The quantitative estimate of drug-likeness (QED) is 0.197. The Morgan fingerprint density at radius 2 is 0.837 bits per heavy atom. The summed E-state index contributed by atoms with van der Waals surface area (Å²) >= 11 is 0. The molecule has 4 heteroatoms. The summed E-state index contributed by atoms with van der Waals surface area (Å²) in [5, 5.41) is 24.1. The largest absolute Gasteiger partial charge is 0.490 e. The number of hydrogen-bond acceptors (Lipinski definition) is 4. The van der Waals surface area contributed by atoms with Crippen LogP contribution in [-0.4, -0.2) is 35.6 Å². The Bertz CT molecular complexity index is 1810. The lowest BCUT2D eigenvalue weighted by molar-refractivity contribution is 0.123. The Balaban J connectivity index is 1.60. The van der Waals surface area contributed by atoms with E-state index >= 15 is 0 Å². The number of fused-ring (bicyclic) bond motifs is 5. The first-order valence-corrected chi connectivity index (χ1v) is 14.9. The first kappa shape index (κ1) is 27.2. The van der Waals surface area contributed by atoms with Crippen LogP contribution in [0.4, 0.5) is 0 Å². The fraction of sp³-hybridized carbons (Fsp3) is 0.179. The molecule has 0 radical (unpaired) electrons. The molecule has 2 N–H and O–H groups in total. The Kier molecular flexibility index (Phi) is 6.89. The van der Waals surface area contributed by atoms with Crippen LogP contribution in [0, 0.1) is 0 Å².